The second-order valence-corrected chi connectivity index (χ2v) is 6.07. The Kier molecular flexibility index (Phi) is 3.00. The summed E-state index contributed by atoms with van der Waals surface area (Å²) in [6, 6.07) is 0. The van der Waals surface area contributed by atoms with E-state index < -0.39 is 0 Å². The Morgan fingerprint density at radius 1 is 1.25 bits per heavy atom. The standard InChI is InChI=1S/C15H25N/c1-10(2)13-8-6-12(4)14-7-5-11(3)9-15(13,14)16/h9-10,13H,5-8,16H2,1-4H3/t13-,15+/m1/s1. The van der Waals surface area contributed by atoms with Crippen molar-refractivity contribution in [1.29, 1.82) is 0 Å². The van der Waals surface area contributed by atoms with E-state index >= 15 is 0 Å². The van der Waals surface area contributed by atoms with Gasteiger partial charge in [0.05, 0.1) is 5.54 Å². The van der Waals surface area contributed by atoms with Gasteiger partial charge in [0, 0.05) is 0 Å². The maximum absolute atomic E-state index is 6.76. The molecule has 90 valence electrons. The molecular formula is C15H25N. The molecule has 2 rings (SSSR count). The summed E-state index contributed by atoms with van der Waals surface area (Å²) >= 11 is 0. The smallest absolute Gasteiger partial charge is 0.0591 e. The molecule has 2 N–H and O–H groups in total. The van der Waals surface area contributed by atoms with Gasteiger partial charge in [0.15, 0.2) is 0 Å². The topological polar surface area (TPSA) is 26.0 Å². The van der Waals surface area contributed by atoms with E-state index in [0.29, 0.717) is 11.8 Å². The maximum atomic E-state index is 6.76. The van der Waals surface area contributed by atoms with Gasteiger partial charge >= 0.3 is 0 Å². The number of hydrogen-bond donors (Lipinski definition) is 1. The molecule has 16 heavy (non-hydrogen) atoms. The third kappa shape index (κ3) is 1.75. The number of nitrogens with two attached hydrogens (primary N) is 1. The van der Waals surface area contributed by atoms with Gasteiger partial charge in [-0.2, -0.15) is 0 Å². The maximum Gasteiger partial charge on any atom is 0.0591 e. The molecule has 0 fully saturated rings. The third-order valence-electron chi connectivity index (χ3n) is 4.54. The highest BCUT2D eigenvalue weighted by Crippen LogP contribution is 2.46. The van der Waals surface area contributed by atoms with Gasteiger partial charge in [-0.25, -0.2) is 0 Å². The van der Waals surface area contributed by atoms with Crippen molar-refractivity contribution in [2.24, 2.45) is 17.6 Å². The minimum Gasteiger partial charge on any atom is -0.318 e. The van der Waals surface area contributed by atoms with Crippen LogP contribution in [0.2, 0.25) is 0 Å². The molecule has 0 radical (unpaired) electrons. The molecule has 2 aliphatic carbocycles. The van der Waals surface area contributed by atoms with Gasteiger partial charge in [0.25, 0.3) is 0 Å². The molecule has 2 atom stereocenters. The lowest BCUT2D eigenvalue weighted by Crippen LogP contribution is -2.52. The lowest BCUT2D eigenvalue weighted by molar-refractivity contribution is 0.241. The lowest BCUT2D eigenvalue weighted by atomic mass is 9.62. The predicted octanol–water partition coefficient (Wildman–Crippen LogP) is 3.81. The van der Waals surface area contributed by atoms with Crippen LogP contribution in [-0.4, -0.2) is 5.54 Å². The average molecular weight is 219 g/mol. The van der Waals surface area contributed by atoms with Crippen molar-refractivity contribution in [3.05, 3.63) is 22.8 Å². The van der Waals surface area contributed by atoms with E-state index in [-0.39, 0.29) is 5.54 Å². The highest BCUT2D eigenvalue weighted by molar-refractivity contribution is 5.40. The summed E-state index contributed by atoms with van der Waals surface area (Å²) in [6.07, 6.45) is 7.26. The van der Waals surface area contributed by atoms with Crippen LogP contribution in [0.3, 0.4) is 0 Å². The van der Waals surface area contributed by atoms with Crippen LogP contribution in [0, 0.1) is 11.8 Å². The van der Waals surface area contributed by atoms with E-state index in [2.05, 4.69) is 33.8 Å². The van der Waals surface area contributed by atoms with E-state index in [1.807, 2.05) is 0 Å². The van der Waals surface area contributed by atoms with Gasteiger partial charge < -0.3 is 5.73 Å². The van der Waals surface area contributed by atoms with Gasteiger partial charge in [0.1, 0.15) is 0 Å². The summed E-state index contributed by atoms with van der Waals surface area (Å²) < 4.78 is 0. The zero-order valence-corrected chi connectivity index (χ0v) is 11.1. The Balaban J connectivity index is 2.48. The summed E-state index contributed by atoms with van der Waals surface area (Å²) in [7, 11) is 0. The number of hydrogen-bond acceptors (Lipinski definition) is 1. The first-order valence-electron chi connectivity index (χ1n) is 6.61. The SMILES string of the molecule is CC1=C[C@@]2(N)C(=C(C)CC[C@@H]2C(C)C)CC1. The van der Waals surface area contributed by atoms with Crippen molar-refractivity contribution < 1.29 is 0 Å². The quantitative estimate of drug-likeness (QED) is 0.667. The molecule has 0 spiro atoms. The van der Waals surface area contributed by atoms with Crippen molar-refractivity contribution in [2.45, 2.75) is 58.9 Å². The van der Waals surface area contributed by atoms with Crippen molar-refractivity contribution in [1.82, 2.24) is 0 Å². The summed E-state index contributed by atoms with van der Waals surface area (Å²) in [6.45, 7) is 9.14. The molecule has 0 aliphatic heterocycles. The zero-order valence-electron chi connectivity index (χ0n) is 11.1. The molecular weight excluding hydrogens is 194 g/mol. The van der Waals surface area contributed by atoms with E-state index in [1.165, 1.54) is 31.3 Å². The summed E-state index contributed by atoms with van der Waals surface area (Å²) in [5.74, 6) is 1.30. The number of fused-ring (bicyclic) bond motifs is 1. The Morgan fingerprint density at radius 3 is 2.56 bits per heavy atom. The molecule has 0 heterocycles. The lowest BCUT2D eigenvalue weighted by Gasteiger charge is -2.47. The van der Waals surface area contributed by atoms with Crippen LogP contribution >= 0.6 is 0 Å². The summed E-state index contributed by atoms with van der Waals surface area (Å²) in [5, 5.41) is 0. The van der Waals surface area contributed by atoms with E-state index in [0.717, 1.165) is 0 Å². The molecule has 0 saturated carbocycles. The largest absolute Gasteiger partial charge is 0.318 e. The first-order chi connectivity index (χ1) is 7.45. The van der Waals surface area contributed by atoms with Crippen LogP contribution in [0.5, 0.6) is 0 Å². The Morgan fingerprint density at radius 2 is 1.94 bits per heavy atom. The van der Waals surface area contributed by atoms with E-state index in [9.17, 15) is 0 Å². The Bertz CT molecular complexity index is 348. The molecule has 2 aliphatic rings. The molecule has 1 heteroatoms. The third-order valence-corrected chi connectivity index (χ3v) is 4.54. The first kappa shape index (κ1) is 11.9. The fraction of sp³-hybridized carbons (Fsp3) is 0.733. The van der Waals surface area contributed by atoms with Crippen LogP contribution < -0.4 is 5.73 Å². The van der Waals surface area contributed by atoms with Crippen molar-refractivity contribution >= 4 is 0 Å². The normalized spacial score (nSPS) is 35.1. The molecule has 0 aromatic heterocycles. The van der Waals surface area contributed by atoms with Crippen molar-refractivity contribution in [3.8, 4) is 0 Å². The van der Waals surface area contributed by atoms with E-state index in [4.69, 9.17) is 5.73 Å². The monoisotopic (exact) mass is 219 g/mol. The summed E-state index contributed by atoms with van der Waals surface area (Å²) in [4.78, 5) is 0. The second kappa shape index (κ2) is 4.03. The van der Waals surface area contributed by atoms with Crippen LogP contribution in [-0.2, 0) is 0 Å². The van der Waals surface area contributed by atoms with Gasteiger partial charge in [-0.3, -0.25) is 0 Å². The molecule has 0 amide bonds. The molecule has 0 bridgehead atoms. The fourth-order valence-electron chi connectivity index (χ4n) is 3.67. The molecule has 0 saturated heterocycles. The fourth-order valence-corrected chi connectivity index (χ4v) is 3.67. The van der Waals surface area contributed by atoms with E-state index in [1.54, 1.807) is 11.1 Å². The molecule has 1 nitrogen and oxygen atoms in total. The highest BCUT2D eigenvalue weighted by Gasteiger charge is 2.42. The highest BCUT2D eigenvalue weighted by atomic mass is 14.8. The van der Waals surface area contributed by atoms with Crippen LogP contribution in [0.4, 0.5) is 0 Å². The van der Waals surface area contributed by atoms with Gasteiger partial charge in [0.2, 0.25) is 0 Å². The minimum atomic E-state index is -0.126. The van der Waals surface area contributed by atoms with Crippen LogP contribution in [0.25, 0.3) is 0 Å². The van der Waals surface area contributed by atoms with Gasteiger partial charge in [-0.1, -0.05) is 31.1 Å². The molecule has 0 aromatic carbocycles. The first-order valence-corrected chi connectivity index (χ1v) is 6.61. The van der Waals surface area contributed by atoms with Crippen LogP contribution in [0.15, 0.2) is 22.8 Å². The van der Waals surface area contributed by atoms with Gasteiger partial charge in [-0.05, 0) is 56.9 Å². The summed E-state index contributed by atoms with van der Waals surface area (Å²) in [5.41, 5.74) is 11.2. The van der Waals surface area contributed by atoms with Gasteiger partial charge in [-0.15, -0.1) is 0 Å². The number of rotatable bonds is 1. The Labute approximate surface area is 99.8 Å². The van der Waals surface area contributed by atoms with Crippen molar-refractivity contribution in [3.63, 3.8) is 0 Å². The Hall–Kier alpha value is -0.560. The minimum absolute atomic E-state index is 0.126. The second-order valence-electron chi connectivity index (χ2n) is 6.07. The predicted molar refractivity (Wildman–Crippen MR) is 70.2 cm³/mol. The van der Waals surface area contributed by atoms with Crippen molar-refractivity contribution in [2.75, 3.05) is 0 Å². The zero-order chi connectivity index (χ0) is 11.9. The average Bonchev–Trinajstić information content (AvgIpc) is 2.15. The van der Waals surface area contributed by atoms with Crippen LogP contribution in [0.1, 0.15) is 53.4 Å². The number of allylic oxidation sites excluding steroid dienone is 2. The molecule has 0 aromatic rings. The molecule has 0 unspecified atom stereocenters.